The molecule has 0 aliphatic heterocycles. The Labute approximate surface area is 106 Å². The summed E-state index contributed by atoms with van der Waals surface area (Å²) in [5.74, 6) is 6.13. The Balaban J connectivity index is 1.73. The third-order valence-electron chi connectivity index (χ3n) is 7.18. The molecule has 7 unspecified atom stereocenters. The van der Waals surface area contributed by atoms with Crippen molar-refractivity contribution in [3.63, 3.8) is 0 Å². The molecule has 4 fully saturated rings. The fourth-order valence-electron chi connectivity index (χ4n) is 6.56. The van der Waals surface area contributed by atoms with Gasteiger partial charge in [0.25, 0.3) is 0 Å². The first-order chi connectivity index (χ1) is 8.19. The van der Waals surface area contributed by atoms with Crippen LogP contribution < -0.4 is 5.73 Å². The van der Waals surface area contributed by atoms with E-state index in [1.807, 2.05) is 0 Å². The second kappa shape index (κ2) is 3.50. The van der Waals surface area contributed by atoms with Crippen molar-refractivity contribution < 1.29 is 0 Å². The van der Waals surface area contributed by atoms with Crippen LogP contribution >= 0.6 is 0 Å². The van der Waals surface area contributed by atoms with E-state index in [2.05, 4.69) is 6.92 Å². The van der Waals surface area contributed by atoms with E-state index < -0.39 is 0 Å². The SMILES string of the molecule is CC12CCC3CC4C(CN)CC(CC4C1C3)C2. The van der Waals surface area contributed by atoms with E-state index in [-0.39, 0.29) is 0 Å². The predicted molar refractivity (Wildman–Crippen MR) is 70.4 cm³/mol. The summed E-state index contributed by atoms with van der Waals surface area (Å²) >= 11 is 0. The summed E-state index contributed by atoms with van der Waals surface area (Å²) in [4.78, 5) is 0. The number of rotatable bonds is 1. The third-order valence-corrected chi connectivity index (χ3v) is 7.18. The topological polar surface area (TPSA) is 26.0 Å². The zero-order chi connectivity index (χ0) is 11.6. The molecular weight excluding hydrogens is 206 g/mol. The van der Waals surface area contributed by atoms with Crippen molar-refractivity contribution in [2.24, 2.45) is 46.7 Å². The van der Waals surface area contributed by atoms with Crippen molar-refractivity contribution >= 4 is 0 Å². The second-order valence-corrected chi connectivity index (χ2v) is 8.00. The largest absolute Gasteiger partial charge is 0.330 e. The lowest BCUT2D eigenvalue weighted by atomic mass is 9.42. The van der Waals surface area contributed by atoms with Gasteiger partial charge in [0, 0.05) is 0 Å². The molecule has 4 saturated carbocycles. The average molecular weight is 233 g/mol. The molecule has 4 rings (SSSR count). The molecule has 0 aromatic heterocycles. The van der Waals surface area contributed by atoms with Crippen LogP contribution in [-0.2, 0) is 0 Å². The van der Waals surface area contributed by atoms with Crippen molar-refractivity contribution in [3.05, 3.63) is 0 Å². The van der Waals surface area contributed by atoms with Crippen LogP contribution in [0.2, 0.25) is 0 Å². The summed E-state index contributed by atoms with van der Waals surface area (Å²) in [7, 11) is 0. The van der Waals surface area contributed by atoms with Gasteiger partial charge in [-0.05, 0) is 92.4 Å². The van der Waals surface area contributed by atoms with E-state index in [4.69, 9.17) is 5.73 Å². The molecule has 0 aromatic rings. The van der Waals surface area contributed by atoms with Crippen molar-refractivity contribution in [2.45, 2.75) is 51.9 Å². The number of nitrogens with two attached hydrogens (primary N) is 1. The Kier molecular flexibility index (Phi) is 2.23. The maximum absolute atomic E-state index is 6.07. The summed E-state index contributed by atoms with van der Waals surface area (Å²) in [6, 6.07) is 0. The fraction of sp³-hybridized carbons (Fsp3) is 1.00. The average Bonchev–Trinajstić information content (AvgIpc) is 2.35. The summed E-state index contributed by atoms with van der Waals surface area (Å²) in [6.45, 7) is 3.59. The summed E-state index contributed by atoms with van der Waals surface area (Å²) < 4.78 is 0. The molecule has 0 amide bonds. The van der Waals surface area contributed by atoms with Gasteiger partial charge in [0.1, 0.15) is 0 Å². The Morgan fingerprint density at radius 3 is 2.71 bits per heavy atom. The van der Waals surface area contributed by atoms with Crippen LogP contribution in [0, 0.1) is 40.9 Å². The minimum Gasteiger partial charge on any atom is -0.330 e. The van der Waals surface area contributed by atoms with E-state index in [0.29, 0.717) is 0 Å². The van der Waals surface area contributed by atoms with Gasteiger partial charge < -0.3 is 5.73 Å². The van der Waals surface area contributed by atoms with E-state index in [1.165, 1.54) is 32.1 Å². The maximum atomic E-state index is 6.07. The smallest absolute Gasteiger partial charge is 0.00460 e. The van der Waals surface area contributed by atoms with Crippen LogP contribution in [0.15, 0.2) is 0 Å². The van der Waals surface area contributed by atoms with Gasteiger partial charge in [0.15, 0.2) is 0 Å². The molecule has 0 aromatic carbocycles. The minimum atomic E-state index is 0.725. The quantitative estimate of drug-likeness (QED) is 0.737. The molecule has 96 valence electrons. The Bertz CT molecular complexity index is 323. The molecule has 4 aliphatic rings. The first-order valence-electron chi connectivity index (χ1n) is 7.89. The monoisotopic (exact) mass is 233 g/mol. The van der Waals surface area contributed by atoms with Crippen molar-refractivity contribution in [1.29, 1.82) is 0 Å². The zero-order valence-electron chi connectivity index (χ0n) is 11.2. The van der Waals surface area contributed by atoms with Gasteiger partial charge in [0.05, 0.1) is 0 Å². The van der Waals surface area contributed by atoms with E-state index >= 15 is 0 Å². The van der Waals surface area contributed by atoms with E-state index in [9.17, 15) is 0 Å². The first-order valence-corrected chi connectivity index (χ1v) is 7.89. The van der Waals surface area contributed by atoms with Crippen LogP contribution in [0.5, 0.6) is 0 Å². The molecule has 4 aliphatic carbocycles. The molecule has 0 heterocycles. The Morgan fingerprint density at radius 2 is 1.88 bits per heavy atom. The van der Waals surface area contributed by atoms with Crippen LogP contribution in [0.25, 0.3) is 0 Å². The van der Waals surface area contributed by atoms with Crippen LogP contribution in [0.1, 0.15) is 51.9 Å². The van der Waals surface area contributed by atoms with Gasteiger partial charge in [0.2, 0.25) is 0 Å². The zero-order valence-corrected chi connectivity index (χ0v) is 11.2. The molecule has 0 radical (unpaired) electrons. The van der Waals surface area contributed by atoms with Gasteiger partial charge in [-0.15, -0.1) is 0 Å². The lowest BCUT2D eigenvalue weighted by molar-refractivity contribution is -0.132. The third kappa shape index (κ3) is 1.41. The summed E-state index contributed by atoms with van der Waals surface area (Å²) in [5, 5.41) is 0. The minimum absolute atomic E-state index is 0.725. The molecule has 17 heavy (non-hydrogen) atoms. The van der Waals surface area contributed by atoms with Crippen molar-refractivity contribution in [3.8, 4) is 0 Å². The number of fused-ring (bicyclic) bond motifs is 2. The van der Waals surface area contributed by atoms with Gasteiger partial charge >= 0.3 is 0 Å². The van der Waals surface area contributed by atoms with Crippen LogP contribution in [-0.4, -0.2) is 6.54 Å². The van der Waals surface area contributed by atoms with Crippen molar-refractivity contribution in [2.75, 3.05) is 6.54 Å². The molecule has 7 atom stereocenters. The highest BCUT2D eigenvalue weighted by atomic mass is 14.7. The predicted octanol–water partition coefficient (Wildman–Crippen LogP) is 3.43. The van der Waals surface area contributed by atoms with E-state index in [0.717, 1.165) is 47.5 Å². The molecule has 1 nitrogen and oxygen atoms in total. The molecule has 0 saturated heterocycles. The summed E-state index contributed by atoms with van der Waals surface area (Å²) in [6.07, 6.45) is 10.7. The molecule has 4 bridgehead atoms. The van der Waals surface area contributed by atoms with Gasteiger partial charge in [-0.2, -0.15) is 0 Å². The molecule has 2 N–H and O–H groups in total. The summed E-state index contributed by atoms with van der Waals surface area (Å²) in [5.41, 5.74) is 6.80. The fourth-order valence-corrected chi connectivity index (χ4v) is 6.56. The number of hydrogen-bond acceptors (Lipinski definition) is 1. The molecular formula is C16H27N. The van der Waals surface area contributed by atoms with Gasteiger partial charge in [-0.25, -0.2) is 0 Å². The van der Waals surface area contributed by atoms with Gasteiger partial charge in [-0.1, -0.05) is 6.92 Å². The Hall–Kier alpha value is -0.0400. The lowest BCUT2D eigenvalue weighted by Gasteiger charge is -2.63. The molecule has 1 heteroatoms. The maximum Gasteiger partial charge on any atom is -0.00460 e. The van der Waals surface area contributed by atoms with Gasteiger partial charge in [-0.3, -0.25) is 0 Å². The second-order valence-electron chi connectivity index (χ2n) is 8.00. The standard InChI is InChI=1S/C16H27N/c1-16-3-2-10-5-13-12(9-17)4-11(8-16)6-14(13)15(16)7-10/h10-15H,2-9,17H2,1H3. The normalized spacial score (nSPS) is 60.4. The highest BCUT2D eigenvalue weighted by Crippen LogP contribution is 2.65. The first kappa shape index (κ1) is 10.8. The lowest BCUT2D eigenvalue weighted by Crippen LogP contribution is -2.55. The Morgan fingerprint density at radius 1 is 1.06 bits per heavy atom. The molecule has 0 spiro atoms. The van der Waals surface area contributed by atoms with Crippen LogP contribution in [0.3, 0.4) is 0 Å². The number of hydrogen-bond donors (Lipinski definition) is 1. The highest BCUT2D eigenvalue weighted by Gasteiger charge is 2.57. The highest BCUT2D eigenvalue weighted by molar-refractivity contribution is 5.06. The van der Waals surface area contributed by atoms with E-state index in [1.54, 1.807) is 12.8 Å². The van der Waals surface area contributed by atoms with Crippen LogP contribution in [0.4, 0.5) is 0 Å². The van der Waals surface area contributed by atoms with Crippen molar-refractivity contribution in [1.82, 2.24) is 0 Å².